The molecule has 0 aromatic heterocycles. The summed E-state index contributed by atoms with van der Waals surface area (Å²) in [6, 6.07) is 4.56. The van der Waals surface area contributed by atoms with Crippen LogP contribution in [0.15, 0.2) is 18.2 Å². The van der Waals surface area contributed by atoms with Crippen LogP contribution in [0.2, 0.25) is 0 Å². The maximum absolute atomic E-state index is 12.2. The normalized spacial score (nSPS) is 12.9. The number of amides is 1. The molecule has 6 heteroatoms. The van der Waals surface area contributed by atoms with Crippen LogP contribution in [0.25, 0.3) is 0 Å². The number of carboxylic acid groups (broad SMARTS) is 1. The number of hydrogen-bond donors (Lipinski definition) is 3. The standard InChI is InChI=1S/C16H24N2O3.ClH/c1-5-6-13(16(20)21)17-12(4)15(19)18-14-9-10(2)7-8-11(14)3;/h7-9,12-13,17H,5-6H2,1-4H3,(H,18,19)(H,20,21);1H. The molecule has 1 aromatic carbocycles. The number of carbonyl (C=O) groups is 2. The van der Waals surface area contributed by atoms with Gasteiger partial charge in [-0.2, -0.15) is 0 Å². The Labute approximate surface area is 137 Å². The molecule has 2 unspecified atom stereocenters. The van der Waals surface area contributed by atoms with Crippen LogP contribution in [0.5, 0.6) is 0 Å². The van der Waals surface area contributed by atoms with Crippen molar-refractivity contribution in [3.05, 3.63) is 29.3 Å². The minimum absolute atomic E-state index is 0. The van der Waals surface area contributed by atoms with Gasteiger partial charge >= 0.3 is 5.97 Å². The van der Waals surface area contributed by atoms with Crippen molar-refractivity contribution in [2.75, 3.05) is 5.32 Å². The number of aryl methyl sites for hydroxylation is 2. The first-order chi connectivity index (χ1) is 9.85. The molecule has 0 aliphatic heterocycles. The van der Waals surface area contributed by atoms with Crippen molar-refractivity contribution in [3.63, 3.8) is 0 Å². The average molecular weight is 329 g/mol. The third-order valence-electron chi connectivity index (χ3n) is 3.37. The minimum atomic E-state index is -0.928. The molecule has 1 aromatic rings. The Morgan fingerprint density at radius 1 is 1.27 bits per heavy atom. The van der Waals surface area contributed by atoms with Gasteiger partial charge in [0.25, 0.3) is 0 Å². The second-order valence-corrected chi connectivity index (χ2v) is 5.38. The first kappa shape index (κ1) is 20.4. The zero-order valence-corrected chi connectivity index (χ0v) is 14.3. The molecule has 1 rings (SSSR count). The van der Waals surface area contributed by atoms with Crippen molar-refractivity contribution >= 4 is 30.0 Å². The largest absolute Gasteiger partial charge is 0.480 e. The highest BCUT2D eigenvalue weighted by Crippen LogP contribution is 2.16. The van der Waals surface area contributed by atoms with E-state index in [0.29, 0.717) is 6.42 Å². The molecule has 0 heterocycles. The van der Waals surface area contributed by atoms with Crippen LogP contribution in [-0.2, 0) is 9.59 Å². The van der Waals surface area contributed by atoms with Gasteiger partial charge in [0.2, 0.25) is 5.91 Å². The smallest absolute Gasteiger partial charge is 0.320 e. The summed E-state index contributed by atoms with van der Waals surface area (Å²) in [5, 5.41) is 14.8. The molecule has 0 radical (unpaired) electrons. The van der Waals surface area contributed by atoms with Crippen molar-refractivity contribution in [1.29, 1.82) is 0 Å². The van der Waals surface area contributed by atoms with Gasteiger partial charge in [0, 0.05) is 5.69 Å². The van der Waals surface area contributed by atoms with E-state index in [4.69, 9.17) is 5.11 Å². The fourth-order valence-electron chi connectivity index (χ4n) is 2.06. The molecular weight excluding hydrogens is 304 g/mol. The Kier molecular flexibility index (Phi) is 8.75. The van der Waals surface area contributed by atoms with E-state index in [0.717, 1.165) is 23.2 Å². The highest BCUT2D eigenvalue weighted by molar-refractivity contribution is 5.95. The molecule has 5 nitrogen and oxygen atoms in total. The fourth-order valence-corrected chi connectivity index (χ4v) is 2.06. The van der Waals surface area contributed by atoms with E-state index >= 15 is 0 Å². The van der Waals surface area contributed by atoms with E-state index in [2.05, 4.69) is 10.6 Å². The Morgan fingerprint density at radius 2 is 1.91 bits per heavy atom. The third kappa shape index (κ3) is 6.03. The topological polar surface area (TPSA) is 78.4 Å². The SMILES string of the molecule is CCCC(NC(C)C(=O)Nc1cc(C)ccc1C)C(=O)O.Cl. The van der Waals surface area contributed by atoms with E-state index in [9.17, 15) is 9.59 Å². The van der Waals surface area contributed by atoms with Crippen LogP contribution in [0.1, 0.15) is 37.8 Å². The molecule has 0 fully saturated rings. The van der Waals surface area contributed by atoms with E-state index < -0.39 is 18.1 Å². The first-order valence-corrected chi connectivity index (χ1v) is 7.22. The molecular formula is C16H25ClN2O3. The number of hydrogen-bond acceptors (Lipinski definition) is 3. The van der Waals surface area contributed by atoms with Crippen molar-refractivity contribution in [2.45, 2.75) is 52.6 Å². The molecule has 3 N–H and O–H groups in total. The maximum atomic E-state index is 12.2. The number of halogens is 1. The number of nitrogens with one attached hydrogen (secondary N) is 2. The van der Waals surface area contributed by atoms with E-state index in [1.165, 1.54) is 0 Å². The molecule has 0 bridgehead atoms. The number of rotatable bonds is 7. The molecule has 0 saturated carbocycles. The molecule has 124 valence electrons. The van der Waals surface area contributed by atoms with Gasteiger partial charge in [-0.1, -0.05) is 25.5 Å². The van der Waals surface area contributed by atoms with Gasteiger partial charge in [-0.3, -0.25) is 14.9 Å². The summed E-state index contributed by atoms with van der Waals surface area (Å²) in [7, 11) is 0. The zero-order valence-electron chi connectivity index (χ0n) is 13.5. The zero-order chi connectivity index (χ0) is 16.0. The van der Waals surface area contributed by atoms with Crippen LogP contribution in [0.4, 0.5) is 5.69 Å². The predicted octanol–water partition coefficient (Wildman–Crippen LogP) is 2.90. The summed E-state index contributed by atoms with van der Waals surface area (Å²) < 4.78 is 0. The molecule has 0 saturated heterocycles. The second kappa shape index (κ2) is 9.43. The Hall–Kier alpha value is -1.59. The summed E-state index contributed by atoms with van der Waals surface area (Å²) in [6.45, 7) is 7.47. The van der Waals surface area contributed by atoms with Crippen molar-refractivity contribution in [1.82, 2.24) is 5.32 Å². The highest BCUT2D eigenvalue weighted by atomic mass is 35.5. The lowest BCUT2D eigenvalue weighted by Crippen LogP contribution is -2.47. The molecule has 22 heavy (non-hydrogen) atoms. The second-order valence-electron chi connectivity index (χ2n) is 5.38. The predicted molar refractivity (Wildman–Crippen MR) is 90.7 cm³/mol. The summed E-state index contributed by atoms with van der Waals surface area (Å²) in [4.78, 5) is 23.3. The van der Waals surface area contributed by atoms with Gasteiger partial charge in [-0.25, -0.2) is 0 Å². The average Bonchev–Trinajstić information content (AvgIpc) is 2.42. The van der Waals surface area contributed by atoms with Gasteiger partial charge in [0.15, 0.2) is 0 Å². The van der Waals surface area contributed by atoms with Crippen LogP contribution in [-0.4, -0.2) is 29.1 Å². The Morgan fingerprint density at radius 3 is 2.45 bits per heavy atom. The first-order valence-electron chi connectivity index (χ1n) is 7.22. The Bertz CT molecular complexity index is 520. The number of aliphatic carboxylic acids is 1. The van der Waals surface area contributed by atoms with E-state index in [1.54, 1.807) is 6.92 Å². The summed E-state index contributed by atoms with van der Waals surface area (Å²) in [5.74, 6) is -1.16. The molecule has 1 amide bonds. The molecule has 0 spiro atoms. The van der Waals surface area contributed by atoms with Gasteiger partial charge in [0.05, 0.1) is 6.04 Å². The van der Waals surface area contributed by atoms with Crippen molar-refractivity contribution in [2.24, 2.45) is 0 Å². The van der Waals surface area contributed by atoms with Crippen molar-refractivity contribution in [3.8, 4) is 0 Å². The van der Waals surface area contributed by atoms with Gasteiger partial charge in [-0.05, 0) is 44.4 Å². The lowest BCUT2D eigenvalue weighted by atomic mass is 10.1. The summed E-state index contributed by atoms with van der Waals surface area (Å²) >= 11 is 0. The molecule has 0 aliphatic carbocycles. The summed E-state index contributed by atoms with van der Waals surface area (Å²) in [6.07, 6.45) is 1.24. The quantitative estimate of drug-likeness (QED) is 0.719. The van der Waals surface area contributed by atoms with E-state index in [-0.39, 0.29) is 18.3 Å². The van der Waals surface area contributed by atoms with Gasteiger partial charge in [0.1, 0.15) is 6.04 Å². The Balaban J connectivity index is 0.00000441. The molecule has 2 atom stereocenters. The number of carboxylic acids is 1. The lowest BCUT2D eigenvalue weighted by molar-refractivity contribution is -0.140. The minimum Gasteiger partial charge on any atom is -0.480 e. The van der Waals surface area contributed by atoms with Gasteiger partial charge in [-0.15, -0.1) is 12.4 Å². The number of anilines is 1. The monoisotopic (exact) mass is 328 g/mol. The van der Waals surface area contributed by atoms with Crippen LogP contribution in [0.3, 0.4) is 0 Å². The third-order valence-corrected chi connectivity index (χ3v) is 3.37. The lowest BCUT2D eigenvalue weighted by Gasteiger charge is -2.20. The van der Waals surface area contributed by atoms with Crippen LogP contribution in [0, 0.1) is 13.8 Å². The maximum Gasteiger partial charge on any atom is 0.320 e. The van der Waals surface area contributed by atoms with Crippen LogP contribution >= 0.6 is 12.4 Å². The number of benzene rings is 1. The number of carbonyl (C=O) groups excluding carboxylic acids is 1. The van der Waals surface area contributed by atoms with E-state index in [1.807, 2.05) is 39.0 Å². The highest BCUT2D eigenvalue weighted by Gasteiger charge is 2.22. The van der Waals surface area contributed by atoms with Crippen molar-refractivity contribution < 1.29 is 14.7 Å². The van der Waals surface area contributed by atoms with Gasteiger partial charge < -0.3 is 10.4 Å². The summed E-state index contributed by atoms with van der Waals surface area (Å²) in [5.41, 5.74) is 2.80. The van der Waals surface area contributed by atoms with Crippen LogP contribution < -0.4 is 10.6 Å². The molecule has 0 aliphatic rings. The fraction of sp³-hybridized carbons (Fsp3) is 0.500.